The van der Waals surface area contributed by atoms with Gasteiger partial charge in [-0.15, -0.1) is 0 Å². The number of hydrogen-bond acceptors (Lipinski definition) is 1. The highest BCUT2D eigenvalue weighted by Gasteiger charge is 2.31. The zero-order valence-corrected chi connectivity index (χ0v) is 9.93. The summed E-state index contributed by atoms with van der Waals surface area (Å²) in [5.41, 5.74) is 0. The van der Waals surface area contributed by atoms with Gasteiger partial charge >= 0.3 is 0 Å². The predicted octanol–water partition coefficient (Wildman–Crippen LogP) is 2.78. The minimum absolute atomic E-state index is 0.937. The van der Waals surface area contributed by atoms with Crippen LogP contribution in [-0.2, 0) is 4.74 Å². The minimum Gasteiger partial charge on any atom is -0.332 e. The number of ether oxygens (including phenoxy) is 1. The van der Waals surface area contributed by atoms with Crippen LogP contribution in [0.15, 0.2) is 0 Å². The second-order valence-corrected chi connectivity index (χ2v) is 4.61. The predicted molar refractivity (Wildman–Crippen MR) is 60.1 cm³/mol. The Morgan fingerprint density at radius 2 is 1.79 bits per heavy atom. The van der Waals surface area contributed by atoms with Crippen LogP contribution >= 0.6 is 0 Å². The summed E-state index contributed by atoms with van der Waals surface area (Å²) < 4.78 is 6.98. The van der Waals surface area contributed by atoms with E-state index in [0.717, 1.165) is 19.8 Å². The van der Waals surface area contributed by atoms with E-state index < -0.39 is 0 Å². The van der Waals surface area contributed by atoms with E-state index in [-0.39, 0.29) is 0 Å². The second kappa shape index (κ2) is 6.41. The summed E-state index contributed by atoms with van der Waals surface area (Å²) in [6.45, 7) is 10.4. The van der Waals surface area contributed by atoms with Crippen molar-refractivity contribution in [3.63, 3.8) is 0 Å². The molecule has 0 N–H and O–H groups in total. The molecule has 0 amide bonds. The van der Waals surface area contributed by atoms with Crippen molar-refractivity contribution in [2.45, 2.75) is 46.0 Å². The fourth-order valence-corrected chi connectivity index (χ4v) is 2.32. The highest BCUT2D eigenvalue weighted by molar-refractivity contribution is 4.53. The van der Waals surface area contributed by atoms with Crippen LogP contribution in [0.4, 0.5) is 0 Å². The molecule has 14 heavy (non-hydrogen) atoms. The van der Waals surface area contributed by atoms with Crippen LogP contribution in [-0.4, -0.2) is 37.5 Å². The van der Waals surface area contributed by atoms with Crippen LogP contribution in [0.25, 0.3) is 0 Å². The lowest BCUT2D eigenvalue weighted by Gasteiger charge is -2.33. The van der Waals surface area contributed by atoms with Crippen molar-refractivity contribution in [2.75, 3.05) is 33.0 Å². The molecule has 1 saturated heterocycles. The molecule has 1 aliphatic rings. The molecule has 0 spiro atoms. The van der Waals surface area contributed by atoms with Gasteiger partial charge in [-0.05, 0) is 12.8 Å². The van der Waals surface area contributed by atoms with Crippen LogP contribution < -0.4 is 0 Å². The fraction of sp³-hybridized carbons (Fsp3) is 1.00. The molecule has 1 rings (SSSR count). The van der Waals surface area contributed by atoms with Gasteiger partial charge in [0.05, 0.1) is 26.2 Å². The Hall–Kier alpha value is -0.0800. The average Bonchev–Trinajstić information content (AvgIpc) is 2.65. The van der Waals surface area contributed by atoms with E-state index >= 15 is 0 Å². The summed E-state index contributed by atoms with van der Waals surface area (Å²) in [6, 6.07) is 0. The third-order valence-electron chi connectivity index (χ3n) is 3.21. The zero-order chi connectivity index (χ0) is 10.3. The lowest BCUT2D eigenvalue weighted by molar-refractivity contribution is -0.935. The lowest BCUT2D eigenvalue weighted by atomic mass is 10.3. The molecule has 0 aromatic heterocycles. The van der Waals surface area contributed by atoms with Crippen LogP contribution in [0, 0.1) is 0 Å². The molecule has 1 fully saturated rings. The third kappa shape index (κ3) is 3.58. The molecule has 0 unspecified atom stereocenters. The van der Waals surface area contributed by atoms with Crippen LogP contribution in [0.1, 0.15) is 46.0 Å². The third-order valence-corrected chi connectivity index (χ3v) is 3.21. The van der Waals surface area contributed by atoms with Crippen molar-refractivity contribution < 1.29 is 9.22 Å². The number of hydrogen-bond donors (Lipinski definition) is 0. The molecule has 0 bridgehead atoms. The Kier molecular flexibility index (Phi) is 5.49. The van der Waals surface area contributed by atoms with Gasteiger partial charge < -0.3 is 9.22 Å². The van der Waals surface area contributed by atoms with E-state index in [2.05, 4.69) is 13.8 Å². The lowest BCUT2D eigenvalue weighted by Crippen LogP contribution is -2.47. The van der Waals surface area contributed by atoms with Gasteiger partial charge in [0.25, 0.3) is 0 Å². The first-order valence-electron chi connectivity index (χ1n) is 6.26. The molecule has 0 atom stereocenters. The Morgan fingerprint density at radius 3 is 2.36 bits per heavy atom. The maximum absolute atomic E-state index is 5.74. The van der Waals surface area contributed by atoms with Gasteiger partial charge in [0, 0.05) is 12.8 Å². The average molecular weight is 200 g/mol. The molecule has 2 nitrogen and oxygen atoms in total. The number of nitrogens with zero attached hydrogens (tertiary/aromatic N) is 1. The Labute approximate surface area is 88.8 Å². The first kappa shape index (κ1) is 12.0. The number of quaternary nitrogens is 1. The number of likely N-dealkylation sites (tertiary alicyclic amines) is 1. The van der Waals surface area contributed by atoms with Gasteiger partial charge in [0.1, 0.15) is 0 Å². The standard InChI is InChI=1S/C12H26NO/c1-3-5-8-13(9-6-7-10-13)12-14-11-4-2/h3-12H2,1-2H3/q+1. The molecule has 84 valence electrons. The van der Waals surface area contributed by atoms with Crippen molar-refractivity contribution in [3.05, 3.63) is 0 Å². The van der Waals surface area contributed by atoms with Gasteiger partial charge in [-0.1, -0.05) is 20.3 Å². The highest BCUT2D eigenvalue weighted by atomic mass is 16.5. The molecular weight excluding hydrogens is 174 g/mol. The van der Waals surface area contributed by atoms with Crippen LogP contribution in [0.5, 0.6) is 0 Å². The second-order valence-electron chi connectivity index (χ2n) is 4.61. The highest BCUT2D eigenvalue weighted by Crippen LogP contribution is 2.20. The zero-order valence-electron chi connectivity index (χ0n) is 9.93. The normalized spacial score (nSPS) is 20.1. The summed E-state index contributed by atoms with van der Waals surface area (Å²) in [5.74, 6) is 0. The molecule has 1 aliphatic heterocycles. The molecule has 2 heteroatoms. The minimum atomic E-state index is 0.937. The molecule has 0 radical (unpaired) electrons. The first-order chi connectivity index (χ1) is 6.83. The molecule has 1 heterocycles. The van der Waals surface area contributed by atoms with Crippen molar-refractivity contribution in [1.29, 1.82) is 0 Å². The van der Waals surface area contributed by atoms with Gasteiger partial charge in [-0.25, -0.2) is 0 Å². The fourth-order valence-electron chi connectivity index (χ4n) is 2.32. The Balaban J connectivity index is 2.28. The van der Waals surface area contributed by atoms with Crippen LogP contribution in [0.3, 0.4) is 0 Å². The van der Waals surface area contributed by atoms with E-state index in [1.54, 1.807) is 0 Å². The van der Waals surface area contributed by atoms with E-state index in [9.17, 15) is 0 Å². The van der Waals surface area contributed by atoms with Gasteiger partial charge in [-0.3, -0.25) is 0 Å². The Morgan fingerprint density at radius 1 is 1.07 bits per heavy atom. The van der Waals surface area contributed by atoms with Gasteiger partial charge in [0.2, 0.25) is 0 Å². The summed E-state index contributed by atoms with van der Waals surface area (Å²) in [4.78, 5) is 0. The van der Waals surface area contributed by atoms with E-state index in [1.165, 1.54) is 49.8 Å². The van der Waals surface area contributed by atoms with Crippen LogP contribution in [0.2, 0.25) is 0 Å². The van der Waals surface area contributed by atoms with Crippen molar-refractivity contribution in [1.82, 2.24) is 0 Å². The summed E-state index contributed by atoms with van der Waals surface area (Å²) >= 11 is 0. The largest absolute Gasteiger partial charge is 0.332 e. The molecule has 0 saturated carbocycles. The molecule has 0 aliphatic carbocycles. The Bertz CT molecular complexity index is 141. The number of unbranched alkanes of at least 4 members (excludes halogenated alkanes) is 1. The smallest absolute Gasteiger partial charge is 0.183 e. The summed E-state index contributed by atoms with van der Waals surface area (Å²) in [6.07, 6.45) is 6.62. The maximum Gasteiger partial charge on any atom is 0.183 e. The van der Waals surface area contributed by atoms with E-state index in [4.69, 9.17) is 4.74 Å². The SMILES string of the molecule is CCCC[N+]1(COCCC)CCCC1. The van der Waals surface area contributed by atoms with E-state index in [1.807, 2.05) is 0 Å². The van der Waals surface area contributed by atoms with Crippen molar-refractivity contribution in [3.8, 4) is 0 Å². The maximum atomic E-state index is 5.74. The monoisotopic (exact) mass is 200 g/mol. The van der Waals surface area contributed by atoms with Crippen molar-refractivity contribution >= 4 is 0 Å². The number of rotatable bonds is 7. The summed E-state index contributed by atoms with van der Waals surface area (Å²) in [7, 11) is 0. The quantitative estimate of drug-likeness (QED) is 0.453. The van der Waals surface area contributed by atoms with Gasteiger partial charge in [-0.2, -0.15) is 0 Å². The van der Waals surface area contributed by atoms with Crippen molar-refractivity contribution in [2.24, 2.45) is 0 Å². The summed E-state index contributed by atoms with van der Waals surface area (Å²) in [5, 5.41) is 0. The van der Waals surface area contributed by atoms with Gasteiger partial charge in [0.15, 0.2) is 6.73 Å². The van der Waals surface area contributed by atoms with E-state index in [0.29, 0.717) is 0 Å². The molecule has 0 aromatic rings. The topological polar surface area (TPSA) is 9.23 Å². The first-order valence-corrected chi connectivity index (χ1v) is 6.26. The molecule has 0 aromatic carbocycles. The molecular formula is C12H26NO+.